The van der Waals surface area contributed by atoms with E-state index in [0.717, 1.165) is 30.2 Å². The van der Waals surface area contributed by atoms with Gasteiger partial charge in [0, 0.05) is 22.7 Å². The molecule has 1 amide bonds. The van der Waals surface area contributed by atoms with Gasteiger partial charge in [0.05, 0.1) is 4.90 Å². The van der Waals surface area contributed by atoms with E-state index in [2.05, 4.69) is 21.2 Å². The first kappa shape index (κ1) is 21.8. The van der Waals surface area contributed by atoms with Crippen molar-refractivity contribution < 1.29 is 17.9 Å². The van der Waals surface area contributed by atoms with E-state index in [-0.39, 0.29) is 23.5 Å². The molecule has 156 valence electrons. The number of rotatable bonds is 7. The van der Waals surface area contributed by atoms with Crippen molar-refractivity contribution in [3.63, 3.8) is 0 Å². The first-order valence-electron chi connectivity index (χ1n) is 9.70. The summed E-state index contributed by atoms with van der Waals surface area (Å²) in [5.41, 5.74) is 0.527. The van der Waals surface area contributed by atoms with Crippen molar-refractivity contribution in [1.82, 2.24) is 4.31 Å². The number of carbonyl (C=O) groups is 1. The summed E-state index contributed by atoms with van der Waals surface area (Å²) in [6.07, 6.45) is 3.67. The molecule has 1 aliphatic rings. The lowest BCUT2D eigenvalue weighted by Gasteiger charge is -2.34. The van der Waals surface area contributed by atoms with E-state index in [4.69, 9.17) is 4.74 Å². The number of carbonyl (C=O) groups excluding carboxylic acids is 1. The molecular weight excluding hydrogens is 456 g/mol. The molecule has 8 heteroatoms. The molecule has 1 aliphatic heterocycles. The third-order valence-electron chi connectivity index (χ3n) is 4.97. The zero-order chi connectivity index (χ0) is 20.9. The van der Waals surface area contributed by atoms with Crippen LogP contribution in [0.1, 0.15) is 32.6 Å². The van der Waals surface area contributed by atoms with Gasteiger partial charge >= 0.3 is 0 Å². The van der Waals surface area contributed by atoms with Gasteiger partial charge in [0.15, 0.2) is 6.61 Å². The van der Waals surface area contributed by atoms with Crippen molar-refractivity contribution in [1.29, 1.82) is 0 Å². The molecule has 0 bridgehead atoms. The summed E-state index contributed by atoms with van der Waals surface area (Å²) in [7, 11) is -3.53. The van der Waals surface area contributed by atoms with E-state index < -0.39 is 10.0 Å². The molecule has 1 heterocycles. The molecule has 0 radical (unpaired) electrons. The Balaban J connectivity index is 1.60. The van der Waals surface area contributed by atoms with Crippen molar-refractivity contribution in [3.8, 4) is 5.75 Å². The summed E-state index contributed by atoms with van der Waals surface area (Å²) in [6.45, 7) is 2.45. The lowest BCUT2D eigenvalue weighted by molar-refractivity contribution is -0.118. The molecule has 1 N–H and O–H groups in total. The topological polar surface area (TPSA) is 75.7 Å². The molecule has 1 saturated heterocycles. The van der Waals surface area contributed by atoms with Crippen LogP contribution < -0.4 is 10.1 Å². The number of amides is 1. The summed E-state index contributed by atoms with van der Waals surface area (Å²) < 4.78 is 34.0. The average molecular weight is 481 g/mol. The fraction of sp³-hybridized carbons (Fsp3) is 0.381. The highest BCUT2D eigenvalue weighted by molar-refractivity contribution is 9.10. The second kappa shape index (κ2) is 9.73. The van der Waals surface area contributed by atoms with Gasteiger partial charge in [-0.05, 0) is 67.8 Å². The summed E-state index contributed by atoms with van der Waals surface area (Å²) in [6, 6.07) is 13.6. The van der Waals surface area contributed by atoms with E-state index in [9.17, 15) is 13.2 Å². The number of sulfonamides is 1. The van der Waals surface area contributed by atoms with E-state index >= 15 is 0 Å². The monoisotopic (exact) mass is 480 g/mol. The summed E-state index contributed by atoms with van der Waals surface area (Å²) in [4.78, 5) is 12.3. The maximum atomic E-state index is 13.0. The summed E-state index contributed by atoms with van der Waals surface area (Å²) >= 11 is 3.34. The van der Waals surface area contributed by atoms with Crippen molar-refractivity contribution in [2.45, 2.75) is 43.5 Å². The predicted molar refractivity (Wildman–Crippen MR) is 117 cm³/mol. The van der Waals surface area contributed by atoms with Crippen LogP contribution in [0.5, 0.6) is 5.75 Å². The van der Waals surface area contributed by atoms with Crippen molar-refractivity contribution in [3.05, 3.63) is 53.0 Å². The highest BCUT2D eigenvalue weighted by Crippen LogP contribution is 2.27. The van der Waals surface area contributed by atoms with Gasteiger partial charge in [-0.1, -0.05) is 29.3 Å². The minimum Gasteiger partial charge on any atom is -0.484 e. The molecule has 29 heavy (non-hydrogen) atoms. The van der Waals surface area contributed by atoms with Crippen LogP contribution in [0.15, 0.2) is 57.9 Å². The minimum absolute atomic E-state index is 0.0592. The van der Waals surface area contributed by atoms with Gasteiger partial charge < -0.3 is 10.1 Å². The summed E-state index contributed by atoms with van der Waals surface area (Å²) in [5, 5.41) is 2.72. The largest absolute Gasteiger partial charge is 0.484 e. The Hall–Kier alpha value is -1.90. The van der Waals surface area contributed by atoms with Crippen LogP contribution in [0, 0.1) is 0 Å². The van der Waals surface area contributed by atoms with Crippen molar-refractivity contribution >= 4 is 37.5 Å². The Bertz CT molecular complexity index is 930. The van der Waals surface area contributed by atoms with E-state index in [1.54, 1.807) is 40.7 Å². The number of nitrogens with one attached hydrogen (secondary N) is 1. The number of anilines is 1. The Morgan fingerprint density at radius 3 is 2.48 bits per heavy atom. The fourth-order valence-corrected chi connectivity index (χ4v) is 5.45. The van der Waals surface area contributed by atoms with Crippen molar-refractivity contribution in [2.24, 2.45) is 0 Å². The third kappa shape index (κ3) is 5.58. The second-order valence-corrected chi connectivity index (χ2v) is 9.79. The molecule has 2 aromatic carbocycles. The zero-order valence-corrected chi connectivity index (χ0v) is 18.7. The number of benzene rings is 2. The molecule has 1 atom stereocenters. The lowest BCUT2D eigenvalue weighted by atomic mass is 10.0. The van der Waals surface area contributed by atoms with E-state index in [0.29, 0.717) is 18.0 Å². The Labute approximate surface area is 180 Å². The van der Waals surface area contributed by atoms with Crippen LogP contribution in [-0.2, 0) is 14.8 Å². The van der Waals surface area contributed by atoms with Gasteiger partial charge in [-0.3, -0.25) is 4.79 Å². The van der Waals surface area contributed by atoms with Crippen molar-refractivity contribution in [2.75, 3.05) is 18.5 Å². The molecule has 2 aromatic rings. The molecule has 3 rings (SSSR count). The van der Waals surface area contributed by atoms with Gasteiger partial charge in [-0.15, -0.1) is 0 Å². The van der Waals surface area contributed by atoms with E-state index in [1.807, 2.05) is 19.1 Å². The normalized spacial score (nSPS) is 17.7. The Morgan fingerprint density at radius 1 is 1.14 bits per heavy atom. The van der Waals surface area contributed by atoms with Gasteiger partial charge in [-0.25, -0.2) is 8.42 Å². The molecular formula is C21H25BrN2O4S. The Kier molecular flexibility index (Phi) is 7.32. The highest BCUT2D eigenvalue weighted by Gasteiger charge is 2.32. The van der Waals surface area contributed by atoms with Crippen LogP contribution in [0.25, 0.3) is 0 Å². The fourth-order valence-electron chi connectivity index (χ4n) is 3.42. The number of hydrogen-bond donors (Lipinski definition) is 1. The van der Waals surface area contributed by atoms with Gasteiger partial charge in [0.1, 0.15) is 5.75 Å². The third-order valence-corrected chi connectivity index (χ3v) is 7.47. The molecule has 6 nitrogen and oxygen atoms in total. The van der Waals surface area contributed by atoms with Crippen LogP contribution in [0.2, 0.25) is 0 Å². The molecule has 0 aromatic heterocycles. The first-order chi connectivity index (χ1) is 13.9. The first-order valence-corrected chi connectivity index (χ1v) is 11.9. The maximum Gasteiger partial charge on any atom is 0.262 e. The van der Waals surface area contributed by atoms with Crippen LogP contribution >= 0.6 is 15.9 Å². The second-order valence-electron chi connectivity index (χ2n) is 6.99. The lowest BCUT2D eigenvalue weighted by Crippen LogP contribution is -2.43. The molecule has 1 fully saturated rings. The standard InChI is InChI=1S/C21H25BrN2O4S/c1-2-18-5-3-4-14-24(18)29(26,27)20-12-8-17(9-13-20)23-21(25)15-28-19-10-6-16(22)7-11-19/h6-13,18H,2-5,14-15H2,1H3,(H,23,25)/t18-/m1/s1. The van der Waals surface area contributed by atoms with Gasteiger partial charge in [-0.2, -0.15) is 4.31 Å². The Morgan fingerprint density at radius 2 is 1.83 bits per heavy atom. The number of halogens is 1. The zero-order valence-electron chi connectivity index (χ0n) is 16.3. The number of hydrogen-bond acceptors (Lipinski definition) is 4. The van der Waals surface area contributed by atoms with Crippen LogP contribution in [0.3, 0.4) is 0 Å². The van der Waals surface area contributed by atoms with Crippen LogP contribution in [-0.4, -0.2) is 37.8 Å². The smallest absolute Gasteiger partial charge is 0.262 e. The van der Waals surface area contributed by atoms with Gasteiger partial charge in [0.2, 0.25) is 10.0 Å². The molecule has 0 aliphatic carbocycles. The summed E-state index contributed by atoms with van der Waals surface area (Å²) in [5.74, 6) is 0.280. The number of nitrogens with zero attached hydrogens (tertiary/aromatic N) is 1. The molecule has 0 saturated carbocycles. The van der Waals surface area contributed by atoms with Gasteiger partial charge in [0.25, 0.3) is 5.91 Å². The molecule has 0 spiro atoms. The number of piperidine rings is 1. The van der Waals surface area contributed by atoms with Crippen LogP contribution in [0.4, 0.5) is 5.69 Å². The SMILES string of the molecule is CC[C@@H]1CCCCN1S(=O)(=O)c1ccc(NC(=O)COc2ccc(Br)cc2)cc1. The maximum absolute atomic E-state index is 13.0. The number of ether oxygens (including phenoxy) is 1. The minimum atomic E-state index is -3.53. The quantitative estimate of drug-likeness (QED) is 0.636. The average Bonchev–Trinajstić information content (AvgIpc) is 2.73. The predicted octanol–water partition coefficient (Wildman–Crippen LogP) is 4.42. The highest BCUT2D eigenvalue weighted by atomic mass is 79.9. The molecule has 0 unspecified atom stereocenters. The van der Waals surface area contributed by atoms with E-state index in [1.165, 1.54) is 0 Å².